The molecule has 18 heavy (non-hydrogen) atoms. The smallest absolute Gasteiger partial charge is 0.213 e. The Labute approximate surface area is 107 Å². The lowest BCUT2D eigenvalue weighted by Crippen LogP contribution is -1.98. The van der Waals surface area contributed by atoms with E-state index >= 15 is 0 Å². The minimum absolute atomic E-state index is 0.0104. The summed E-state index contributed by atoms with van der Waals surface area (Å²) >= 11 is 5.87. The molecule has 0 saturated heterocycles. The van der Waals surface area contributed by atoms with Crippen LogP contribution in [0.2, 0.25) is 5.02 Å². The summed E-state index contributed by atoms with van der Waals surface area (Å²) in [6.07, 6.45) is 1.36. The van der Waals surface area contributed by atoms with E-state index in [1.165, 1.54) is 0 Å². The largest absolute Gasteiger partial charge is 0.227 e. The van der Waals surface area contributed by atoms with Crippen LogP contribution in [0.5, 0.6) is 0 Å². The molecule has 0 N–H and O–H groups in total. The third kappa shape index (κ3) is 2.20. The van der Waals surface area contributed by atoms with E-state index in [0.717, 1.165) is 24.4 Å². The molecule has 0 radical (unpaired) electrons. The first-order valence-corrected chi connectivity index (χ1v) is 5.70. The first-order valence-electron chi connectivity index (χ1n) is 5.33. The maximum absolute atomic E-state index is 13.8. The SMILES string of the molecule is CCc1c(F)ccc(F)c1-c1cc(F)ncc1Cl. The highest BCUT2D eigenvalue weighted by Crippen LogP contribution is 2.34. The standard InChI is InChI=1S/C13H9ClF3N/c1-2-7-10(15)3-4-11(16)13(7)8-5-12(17)18-6-9(8)14/h3-6H,2H2,1H3. The van der Waals surface area contributed by atoms with Gasteiger partial charge in [-0.1, -0.05) is 18.5 Å². The molecule has 0 aliphatic rings. The highest BCUT2D eigenvalue weighted by molar-refractivity contribution is 6.33. The molecule has 0 aliphatic heterocycles. The number of rotatable bonds is 2. The van der Waals surface area contributed by atoms with Crippen molar-refractivity contribution < 1.29 is 13.2 Å². The van der Waals surface area contributed by atoms with Crippen LogP contribution in [0, 0.1) is 17.6 Å². The van der Waals surface area contributed by atoms with Gasteiger partial charge in [-0.3, -0.25) is 0 Å². The Morgan fingerprint density at radius 1 is 1.17 bits per heavy atom. The molecule has 0 atom stereocenters. The zero-order chi connectivity index (χ0) is 13.3. The molecule has 1 nitrogen and oxygen atoms in total. The second-order valence-corrected chi connectivity index (χ2v) is 4.13. The van der Waals surface area contributed by atoms with E-state index in [1.807, 2.05) is 0 Å². The lowest BCUT2D eigenvalue weighted by Gasteiger charge is -2.11. The van der Waals surface area contributed by atoms with Gasteiger partial charge in [0.2, 0.25) is 5.95 Å². The van der Waals surface area contributed by atoms with Gasteiger partial charge in [-0.15, -0.1) is 0 Å². The summed E-state index contributed by atoms with van der Waals surface area (Å²) in [4.78, 5) is 3.36. The molecule has 0 unspecified atom stereocenters. The molecular weight excluding hydrogens is 263 g/mol. The number of benzene rings is 1. The van der Waals surface area contributed by atoms with Gasteiger partial charge in [-0.2, -0.15) is 4.39 Å². The van der Waals surface area contributed by atoms with Crippen molar-refractivity contribution >= 4 is 11.6 Å². The summed E-state index contributed by atoms with van der Waals surface area (Å²) in [5, 5.41) is 0.0793. The van der Waals surface area contributed by atoms with Gasteiger partial charge < -0.3 is 0 Å². The number of hydrogen-bond donors (Lipinski definition) is 0. The Morgan fingerprint density at radius 2 is 1.83 bits per heavy atom. The molecule has 1 heterocycles. The van der Waals surface area contributed by atoms with E-state index in [9.17, 15) is 13.2 Å². The average molecular weight is 272 g/mol. The predicted octanol–water partition coefficient (Wildman–Crippen LogP) is 4.38. The van der Waals surface area contributed by atoms with E-state index < -0.39 is 17.6 Å². The van der Waals surface area contributed by atoms with Gasteiger partial charge >= 0.3 is 0 Å². The van der Waals surface area contributed by atoms with E-state index in [4.69, 9.17) is 11.6 Å². The molecule has 2 aromatic rings. The Balaban J connectivity index is 2.77. The van der Waals surface area contributed by atoms with Gasteiger partial charge in [0, 0.05) is 23.4 Å². The Hall–Kier alpha value is -1.55. The van der Waals surface area contributed by atoms with E-state index in [0.29, 0.717) is 0 Å². The van der Waals surface area contributed by atoms with E-state index in [2.05, 4.69) is 4.98 Å². The number of aromatic nitrogens is 1. The summed E-state index contributed by atoms with van der Waals surface area (Å²) in [6, 6.07) is 3.04. The van der Waals surface area contributed by atoms with Crippen molar-refractivity contribution in [1.29, 1.82) is 0 Å². The van der Waals surface area contributed by atoms with Crippen LogP contribution in [0.25, 0.3) is 11.1 Å². The molecule has 0 aliphatic carbocycles. The van der Waals surface area contributed by atoms with Crippen LogP contribution in [0.1, 0.15) is 12.5 Å². The normalized spacial score (nSPS) is 10.7. The Bertz CT molecular complexity index is 599. The first kappa shape index (κ1) is 12.9. The summed E-state index contributed by atoms with van der Waals surface area (Å²) in [5.41, 5.74) is 0.268. The van der Waals surface area contributed by atoms with Crippen molar-refractivity contribution in [3.05, 3.63) is 52.6 Å². The molecule has 0 saturated carbocycles. The summed E-state index contributed by atoms with van der Waals surface area (Å²) in [5.74, 6) is -1.97. The van der Waals surface area contributed by atoms with E-state index in [-0.39, 0.29) is 28.1 Å². The van der Waals surface area contributed by atoms with Crippen molar-refractivity contribution in [3.63, 3.8) is 0 Å². The van der Waals surface area contributed by atoms with Crippen LogP contribution in [0.3, 0.4) is 0 Å². The average Bonchev–Trinajstić information content (AvgIpc) is 2.35. The second kappa shape index (κ2) is 4.98. The quantitative estimate of drug-likeness (QED) is 0.739. The van der Waals surface area contributed by atoms with Crippen LogP contribution in [0.15, 0.2) is 24.4 Å². The van der Waals surface area contributed by atoms with Gasteiger partial charge in [0.15, 0.2) is 0 Å². The molecule has 0 fully saturated rings. The zero-order valence-corrected chi connectivity index (χ0v) is 10.2. The van der Waals surface area contributed by atoms with E-state index in [1.54, 1.807) is 6.92 Å². The van der Waals surface area contributed by atoms with Crippen LogP contribution in [-0.4, -0.2) is 4.98 Å². The van der Waals surface area contributed by atoms with Gasteiger partial charge in [-0.05, 0) is 24.1 Å². The summed E-state index contributed by atoms with van der Waals surface area (Å²) in [6.45, 7) is 1.69. The summed E-state index contributed by atoms with van der Waals surface area (Å²) < 4.78 is 40.6. The van der Waals surface area contributed by atoms with Crippen LogP contribution in [0.4, 0.5) is 13.2 Å². The number of pyridine rings is 1. The Kier molecular flexibility index (Phi) is 3.57. The molecule has 5 heteroatoms. The summed E-state index contributed by atoms with van der Waals surface area (Å²) in [7, 11) is 0. The van der Waals surface area contributed by atoms with Gasteiger partial charge in [0.1, 0.15) is 11.6 Å². The lowest BCUT2D eigenvalue weighted by molar-refractivity contribution is 0.581. The molecule has 0 amide bonds. The fourth-order valence-corrected chi connectivity index (χ4v) is 2.03. The fraction of sp³-hybridized carbons (Fsp3) is 0.154. The lowest BCUT2D eigenvalue weighted by atomic mass is 9.97. The van der Waals surface area contributed by atoms with Crippen molar-refractivity contribution in [2.75, 3.05) is 0 Å². The first-order chi connectivity index (χ1) is 8.54. The molecule has 2 rings (SSSR count). The van der Waals surface area contributed by atoms with Crippen molar-refractivity contribution in [3.8, 4) is 11.1 Å². The number of nitrogens with zero attached hydrogens (tertiary/aromatic N) is 1. The molecule has 0 spiro atoms. The number of hydrogen-bond acceptors (Lipinski definition) is 1. The molecule has 1 aromatic heterocycles. The minimum atomic E-state index is -0.792. The third-order valence-electron chi connectivity index (χ3n) is 2.65. The van der Waals surface area contributed by atoms with Crippen molar-refractivity contribution in [1.82, 2.24) is 4.98 Å². The topological polar surface area (TPSA) is 12.9 Å². The monoisotopic (exact) mass is 271 g/mol. The Morgan fingerprint density at radius 3 is 2.50 bits per heavy atom. The maximum Gasteiger partial charge on any atom is 0.213 e. The molecule has 0 bridgehead atoms. The highest BCUT2D eigenvalue weighted by atomic mass is 35.5. The second-order valence-electron chi connectivity index (χ2n) is 3.72. The highest BCUT2D eigenvalue weighted by Gasteiger charge is 2.17. The molecule has 94 valence electrons. The number of halogens is 4. The molecule has 1 aromatic carbocycles. The van der Waals surface area contributed by atoms with Gasteiger partial charge in [-0.25, -0.2) is 13.8 Å². The fourth-order valence-electron chi connectivity index (χ4n) is 1.84. The van der Waals surface area contributed by atoms with Crippen LogP contribution >= 0.6 is 11.6 Å². The third-order valence-corrected chi connectivity index (χ3v) is 2.95. The van der Waals surface area contributed by atoms with Crippen LogP contribution < -0.4 is 0 Å². The zero-order valence-electron chi connectivity index (χ0n) is 9.48. The minimum Gasteiger partial charge on any atom is -0.227 e. The molecular formula is C13H9ClF3N. The van der Waals surface area contributed by atoms with Gasteiger partial charge in [0.05, 0.1) is 5.02 Å². The maximum atomic E-state index is 13.8. The van der Waals surface area contributed by atoms with Gasteiger partial charge in [0.25, 0.3) is 0 Å². The van der Waals surface area contributed by atoms with Crippen molar-refractivity contribution in [2.45, 2.75) is 13.3 Å². The van der Waals surface area contributed by atoms with Crippen LogP contribution in [-0.2, 0) is 6.42 Å². The predicted molar refractivity (Wildman–Crippen MR) is 63.9 cm³/mol. The van der Waals surface area contributed by atoms with Crippen molar-refractivity contribution in [2.24, 2.45) is 0 Å².